The van der Waals surface area contributed by atoms with Gasteiger partial charge in [-0.3, -0.25) is 4.79 Å². The van der Waals surface area contributed by atoms with E-state index in [1.165, 1.54) is 6.21 Å². The third-order valence-electron chi connectivity index (χ3n) is 2.30. The van der Waals surface area contributed by atoms with Crippen LogP contribution in [-0.2, 0) is 0 Å². The number of hydrogen-bond acceptors (Lipinski definition) is 3. The van der Waals surface area contributed by atoms with Crippen molar-refractivity contribution in [2.75, 3.05) is 7.05 Å². The van der Waals surface area contributed by atoms with Crippen LogP contribution in [0.25, 0.3) is 5.57 Å². The Hall–Kier alpha value is -1.84. The average Bonchev–Trinajstić information content (AvgIpc) is 2.26. The highest BCUT2D eigenvalue weighted by Crippen LogP contribution is 2.08. The van der Waals surface area contributed by atoms with Gasteiger partial charge in [-0.2, -0.15) is 0 Å². The number of rotatable bonds is 4. The molecule has 0 bridgehead atoms. The third-order valence-corrected chi connectivity index (χ3v) is 2.30. The van der Waals surface area contributed by atoms with Crippen LogP contribution in [0.3, 0.4) is 0 Å². The number of hydrogen-bond donors (Lipinski definition) is 2. The molecule has 0 aliphatic rings. The molecule has 0 fully saturated rings. The van der Waals surface area contributed by atoms with E-state index in [9.17, 15) is 4.79 Å². The van der Waals surface area contributed by atoms with Gasteiger partial charge >= 0.3 is 0 Å². The van der Waals surface area contributed by atoms with Crippen LogP contribution in [0.5, 0.6) is 0 Å². The summed E-state index contributed by atoms with van der Waals surface area (Å²) in [6.45, 7) is 3.91. The largest absolute Gasteiger partial charge is 0.393 e. The van der Waals surface area contributed by atoms with E-state index in [-0.39, 0.29) is 11.6 Å². The minimum Gasteiger partial charge on any atom is -0.393 e. The molecule has 86 valence electrons. The summed E-state index contributed by atoms with van der Waals surface area (Å²) in [6, 6.07) is 3.67. The minimum atomic E-state index is -0.0671. The van der Waals surface area contributed by atoms with Crippen LogP contribution < -0.4 is 10.9 Å². The van der Waals surface area contributed by atoms with Gasteiger partial charge in [0, 0.05) is 37.3 Å². The molecule has 0 atom stereocenters. The number of aromatic nitrogens is 1. The fraction of sp³-hybridized carbons (Fsp3) is 0.333. The van der Waals surface area contributed by atoms with Crippen LogP contribution >= 0.6 is 0 Å². The molecule has 0 radical (unpaired) electrons. The van der Waals surface area contributed by atoms with E-state index in [0.29, 0.717) is 11.1 Å². The highest BCUT2D eigenvalue weighted by atomic mass is 16.1. The van der Waals surface area contributed by atoms with Crippen molar-refractivity contribution in [3.8, 4) is 0 Å². The second-order valence-corrected chi connectivity index (χ2v) is 3.76. The number of allylic oxidation sites excluding steroid dienone is 1. The Morgan fingerprint density at radius 3 is 2.75 bits per heavy atom. The standard InChI is InChI=1S/C12H17N3O/c1-9(2)15-6-4-5-11(12(15)16)10(7-13)8-14-3/h4-9,13-14H,1-3H3/b10-8+,13-7?. The maximum absolute atomic E-state index is 12.1. The molecule has 1 aromatic heterocycles. The first kappa shape index (κ1) is 12.2. The van der Waals surface area contributed by atoms with Gasteiger partial charge in [0.05, 0.1) is 5.56 Å². The highest BCUT2D eigenvalue weighted by Gasteiger charge is 2.08. The maximum atomic E-state index is 12.1. The zero-order valence-corrected chi connectivity index (χ0v) is 9.82. The Labute approximate surface area is 95.1 Å². The lowest BCUT2D eigenvalue weighted by atomic mass is 10.1. The molecule has 0 saturated heterocycles. The van der Waals surface area contributed by atoms with Crippen LogP contribution in [-0.4, -0.2) is 17.8 Å². The van der Waals surface area contributed by atoms with Gasteiger partial charge in [0.1, 0.15) is 0 Å². The van der Waals surface area contributed by atoms with Crippen LogP contribution in [0.1, 0.15) is 25.5 Å². The molecule has 0 spiro atoms. The van der Waals surface area contributed by atoms with Gasteiger partial charge in [-0.25, -0.2) is 0 Å². The molecule has 1 aromatic rings. The molecule has 1 heterocycles. The molecule has 1 rings (SSSR count). The van der Waals surface area contributed by atoms with E-state index in [2.05, 4.69) is 5.32 Å². The van der Waals surface area contributed by atoms with Crippen molar-refractivity contribution in [1.82, 2.24) is 9.88 Å². The molecule has 4 nitrogen and oxygen atoms in total. The zero-order valence-electron chi connectivity index (χ0n) is 9.82. The van der Waals surface area contributed by atoms with Gasteiger partial charge in [-0.15, -0.1) is 0 Å². The summed E-state index contributed by atoms with van der Waals surface area (Å²) in [5, 5.41) is 10.1. The van der Waals surface area contributed by atoms with E-state index in [1.807, 2.05) is 19.9 Å². The SMILES string of the molecule is CN/C=C(\C=N)c1cccn(C(C)C)c1=O. The van der Waals surface area contributed by atoms with Gasteiger partial charge in [0.25, 0.3) is 5.56 Å². The van der Waals surface area contributed by atoms with E-state index in [0.717, 1.165) is 0 Å². The van der Waals surface area contributed by atoms with Crippen LogP contribution in [0.15, 0.2) is 29.3 Å². The number of pyridine rings is 1. The molecule has 0 saturated carbocycles. The molecule has 0 aromatic carbocycles. The normalized spacial score (nSPS) is 11.6. The minimum absolute atomic E-state index is 0.0671. The number of nitrogens with one attached hydrogen (secondary N) is 2. The van der Waals surface area contributed by atoms with Crippen molar-refractivity contribution in [1.29, 1.82) is 5.41 Å². The van der Waals surface area contributed by atoms with Crippen molar-refractivity contribution in [2.45, 2.75) is 19.9 Å². The fourth-order valence-electron chi connectivity index (χ4n) is 1.49. The van der Waals surface area contributed by atoms with Crippen molar-refractivity contribution >= 4 is 11.8 Å². The van der Waals surface area contributed by atoms with Gasteiger partial charge in [-0.05, 0) is 26.0 Å². The Kier molecular flexibility index (Phi) is 4.05. The second kappa shape index (κ2) is 5.30. The monoisotopic (exact) mass is 219 g/mol. The zero-order chi connectivity index (χ0) is 12.1. The predicted molar refractivity (Wildman–Crippen MR) is 66.9 cm³/mol. The Bertz CT molecular complexity index is 458. The Morgan fingerprint density at radius 1 is 1.56 bits per heavy atom. The van der Waals surface area contributed by atoms with Crippen molar-refractivity contribution in [2.24, 2.45) is 0 Å². The summed E-state index contributed by atoms with van der Waals surface area (Å²) in [7, 11) is 1.74. The van der Waals surface area contributed by atoms with Gasteiger partial charge in [0.2, 0.25) is 0 Å². The van der Waals surface area contributed by atoms with E-state index < -0.39 is 0 Å². The molecule has 0 aliphatic heterocycles. The van der Waals surface area contributed by atoms with Crippen molar-refractivity contribution in [3.05, 3.63) is 40.4 Å². The molecule has 0 unspecified atom stereocenters. The first-order valence-electron chi connectivity index (χ1n) is 5.21. The fourth-order valence-corrected chi connectivity index (χ4v) is 1.49. The van der Waals surface area contributed by atoms with E-state index in [4.69, 9.17) is 5.41 Å². The smallest absolute Gasteiger partial charge is 0.258 e. The quantitative estimate of drug-likeness (QED) is 0.756. The molecule has 2 N–H and O–H groups in total. The lowest BCUT2D eigenvalue weighted by molar-refractivity contribution is 0.577. The Balaban J connectivity index is 3.35. The number of nitrogens with zero attached hydrogens (tertiary/aromatic N) is 1. The first-order valence-corrected chi connectivity index (χ1v) is 5.21. The Morgan fingerprint density at radius 2 is 2.25 bits per heavy atom. The summed E-state index contributed by atoms with van der Waals surface area (Å²) in [4.78, 5) is 12.1. The van der Waals surface area contributed by atoms with E-state index in [1.54, 1.807) is 30.1 Å². The van der Waals surface area contributed by atoms with Crippen LogP contribution in [0.2, 0.25) is 0 Å². The summed E-state index contributed by atoms with van der Waals surface area (Å²) in [6.07, 6.45) is 4.59. The molecule has 4 heteroatoms. The molecule has 0 aliphatic carbocycles. The van der Waals surface area contributed by atoms with Gasteiger partial charge < -0.3 is 15.3 Å². The first-order chi connectivity index (χ1) is 7.61. The summed E-state index contributed by atoms with van der Waals surface area (Å²) in [5.41, 5.74) is 1.06. The summed E-state index contributed by atoms with van der Waals surface area (Å²) >= 11 is 0. The summed E-state index contributed by atoms with van der Waals surface area (Å²) in [5.74, 6) is 0. The highest BCUT2D eigenvalue weighted by molar-refractivity contribution is 6.07. The molecular formula is C12H17N3O. The van der Waals surface area contributed by atoms with Crippen LogP contribution in [0, 0.1) is 5.41 Å². The summed E-state index contributed by atoms with van der Waals surface area (Å²) < 4.78 is 1.66. The third kappa shape index (κ3) is 2.39. The molecular weight excluding hydrogens is 202 g/mol. The van der Waals surface area contributed by atoms with Gasteiger partial charge in [0.15, 0.2) is 0 Å². The second-order valence-electron chi connectivity index (χ2n) is 3.76. The topological polar surface area (TPSA) is 57.9 Å². The van der Waals surface area contributed by atoms with Crippen LogP contribution in [0.4, 0.5) is 0 Å². The predicted octanol–water partition coefficient (Wildman–Crippen LogP) is 1.64. The maximum Gasteiger partial charge on any atom is 0.258 e. The lowest BCUT2D eigenvalue weighted by Gasteiger charge is -2.11. The van der Waals surface area contributed by atoms with Crippen molar-refractivity contribution in [3.63, 3.8) is 0 Å². The average molecular weight is 219 g/mol. The van der Waals surface area contributed by atoms with Crippen molar-refractivity contribution < 1.29 is 0 Å². The van der Waals surface area contributed by atoms with E-state index >= 15 is 0 Å². The molecule has 0 amide bonds. The van der Waals surface area contributed by atoms with Gasteiger partial charge in [-0.1, -0.05) is 0 Å². The lowest BCUT2D eigenvalue weighted by Crippen LogP contribution is -2.24. The molecule has 16 heavy (non-hydrogen) atoms.